The number of piperazine rings is 1. The van der Waals surface area contributed by atoms with Gasteiger partial charge in [-0.2, -0.15) is 13.2 Å². The predicted molar refractivity (Wildman–Crippen MR) is 84.3 cm³/mol. The molecule has 1 aliphatic rings. The van der Waals surface area contributed by atoms with Crippen LogP contribution in [-0.2, 0) is 6.18 Å². The van der Waals surface area contributed by atoms with Crippen LogP contribution in [0.25, 0.3) is 10.9 Å². The van der Waals surface area contributed by atoms with Crippen LogP contribution in [-0.4, -0.2) is 31.2 Å². The minimum atomic E-state index is -4.35. The van der Waals surface area contributed by atoms with E-state index in [1.807, 2.05) is 6.92 Å². The van der Waals surface area contributed by atoms with Gasteiger partial charge in [-0.05, 0) is 41.1 Å². The summed E-state index contributed by atoms with van der Waals surface area (Å²) in [4.78, 5) is 6.51. The third-order valence-electron chi connectivity index (χ3n) is 3.83. The predicted octanol–water partition coefficient (Wildman–Crippen LogP) is 3.73. The largest absolute Gasteiger partial charge is 0.416 e. The van der Waals surface area contributed by atoms with E-state index in [0.29, 0.717) is 10.9 Å². The van der Waals surface area contributed by atoms with Crippen molar-refractivity contribution < 1.29 is 13.2 Å². The van der Waals surface area contributed by atoms with Gasteiger partial charge in [0.2, 0.25) is 0 Å². The minimum absolute atomic E-state index is 0.536. The van der Waals surface area contributed by atoms with Crippen LogP contribution in [0.3, 0.4) is 0 Å². The zero-order valence-corrected chi connectivity index (χ0v) is 13.6. The lowest BCUT2D eigenvalue weighted by Gasteiger charge is -2.31. The Morgan fingerprint density at radius 1 is 1.23 bits per heavy atom. The molecule has 0 aliphatic carbocycles. The highest BCUT2D eigenvalue weighted by molar-refractivity contribution is 9.10. The molecule has 0 atom stereocenters. The molecule has 3 nitrogen and oxygen atoms in total. The van der Waals surface area contributed by atoms with E-state index in [0.717, 1.165) is 48.1 Å². The van der Waals surface area contributed by atoms with Crippen LogP contribution >= 0.6 is 15.9 Å². The number of pyridine rings is 1. The quantitative estimate of drug-likeness (QED) is 0.825. The van der Waals surface area contributed by atoms with Crippen LogP contribution in [0, 0.1) is 6.92 Å². The van der Waals surface area contributed by atoms with Crippen molar-refractivity contribution in [1.29, 1.82) is 0 Å². The second-order valence-corrected chi connectivity index (χ2v) is 6.12. The molecule has 2 aromatic rings. The first-order chi connectivity index (χ1) is 10.4. The summed E-state index contributed by atoms with van der Waals surface area (Å²) in [6.07, 6.45) is -4.35. The molecule has 1 N–H and O–H groups in total. The minimum Gasteiger partial charge on any atom is -0.367 e. The Morgan fingerprint density at radius 3 is 2.55 bits per heavy atom. The van der Waals surface area contributed by atoms with Crippen LogP contribution in [0.5, 0.6) is 0 Å². The third kappa shape index (κ3) is 2.79. The van der Waals surface area contributed by atoms with Gasteiger partial charge < -0.3 is 10.2 Å². The lowest BCUT2D eigenvalue weighted by Crippen LogP contribution is -2.43. The van der Waals surface area contributed by atoms with Crippen molar-refractivity contribution in [3.05, 3.63) is 33.9 Å². The van der Waals surface area contributed by atoms with Crippen molar-refractivity contribution in [3.63, 3.8) is 0 Å². The monoisotopic (exact) mass is 373 g/mol. The number of rotatable bonds is 1. The van der Waals surface area contributed by atoms with Gasteiger partial charge in [-0.15, -0.1) is 0 Å². The van der Waals surface area contributed by atoms with Crippen LogP contribution in [0.4, 0.5) is 18.9 Å². The molecule has 0 bridgehead atoms. The first-order valence-corrected chi connectivity index (χ1v) is 7.80. The molecule has 7 heteroatoms. The Hall–Kier alpha value is -1.34. The number of halogens is 4. The molecule has 1 aromatic carbocycles. The number of hydrogen-bond donors (Lipinski definition) is 1. The van der Waals surface area contributed by atoms with Crippen molar-refractivity contribution in [1.82, 2.24) is 10.3 Å². The fraction of sp³-hybridized carbons (Fsp3) is 0.400. The maximum Gasteiger partial charge on any atom is 0.416 e. The summed E-state index contributed by atoms with van der Waals surface area (Å²) in [5, 5.41) is 3.79. The number of nitrogens with zero attached hydrogens (tertiary/aromatic N) is 2. The fourth-order valence-corrected chi connectivity index (χ4v) is 3.27. The molecule has 118 valence electrons. The molecular weight excluding hydrogens is 359 g/mol. The zero-order chi connectivity index (χ0) is 15.9. The van der Waals surface area contributed by atoms with Gasteiger partial charge >= 0.3 is 6.18 Å². The van der Waals surface area contributed by atoms with Gasteiger partial charge in [0.1, 0.15) is 0 Å². The average molecular weight is 374 g/mol. The van der Waals surface area contributed by atoms with Crippen molar-refractivity contribution in [2.24, 2.45) is 0 Å². The van der Waals surface area contributed by atoms with E-state index in [-0.39, 0.29) is 0 Å². The molecule has 22 heavy (non-hydrogen) atoms. The van der Waals surface area contributed by atoms with E-state index in [1.54, 1.807) is 0 Å². The molecule has 0 saturated carbocycles. The number of aromatic nitrogens is 1. The Morgan fingerprint density at radius 2 is 1.91 bits per heavy atom. The van der Waals surface area contributed by atoms with Crippen LogP contribution < -0.4 is 10.2 Å². The second-order valence-electron chi connectivity index (χ2n) is 5.33. The van der Waals surface area contributed by atoms with E-state index < -0.39 is 11.7 Å². The highest BCUT2D eigenvalue weighted by atomic mass is 79.9. The molecule has 1 aliphatic heterocycles. The zero-order valence-electron chi connectivity index (χ0n) is 12.0. The lowest BCUT2D eigenvalue weighted by molar-refractivity contribution is -0.137. The second kappa shape index (κ2) is 5.70. The number of aryl methyl sites for hydroxylation is 1. The SMILES string of the molecule is Cc1nc2ccc(C(F)(F)F)cc2c(N2CCNCC2)c1Br. The first kappa shape index (κ1) is 15.6. The number of alkyl halides is 3. The van der Waals surface area contributed by atoms with Gasteiger partial charge in [-0.1, -0.05) is 0 Å². The summed E-state index contributed by atoms with van der Waals surface area (Å²) in [6.45, 7) is 5.00. The summed E-state index contributed by atoms with van der Waals surface area (Å²) < 4.78 is 39.8. The van der Waals surface area contributed by atoms with Crippen LogP contribution in [0.2, 0.25) is 0 Å². The smallest absolute Gasteiger partial charge is 0.367 e. The van der Waals surface area contributed by atoms with Crippen molar-refractivity contribution >= 4 is 32.5 Å². The van der Waals surface area contributed by atoms with E-state index in [2.05, 4.69) is 31.1 Å². The third-order valence-corrected chi connectivity index (χ3v) is 4.78. The van der Waals surface area contributed by atoms with Gasteiger partial charge in [-0.3, -0.25) is 4.98 Å². The molecule has 1 saturated heterocycles. The normalized spacial score (nSPS) is 16.3. The number of fused-ring (bicyclic) bond motifs is 1. The fourth-order valence-electron chi connectivity index (χ4n) is 2.72. The molecular formula is C15H15BrF3N3. The molecule has 0 amide bonds. The van der Waals surface area contributed by atoms with Crippen LogP contribution in [0.15, 0.2) is 22.7 Å². The highest BCUT2D eigenvalue weighted by Gasteiger charge is 2.31. The van der Waals surface area contributed by atoms with Crippen molar-refractivity contribution in [2.45, 2.75) is 13.1 Å². The summed E-state index contributed by atoms with van der Waals surface area (Å²) in [5.74, 6) is 0. The molecule has 0 unspecified atom stereocenters. The standard InChI is InChI=1S/C15H15BrF3N3/c1-9-13(16)14(22-6-4-20-5-7-22)11-8-10(15(17,18)19)2-3-12(11)21-9/h2-3,8,20H,4-7H2,1H3. The van der Waals surface area contributed by atoms with Gasteiger partial charge in [-0.25, -0.2) is 0 Å². The van der Waals surface area contributed by atoms with E-state index >= 15 is 0 Å². The number of anilines is 1. The number of hydrogen-bond acceptors (Lipinski definition) is 3. The Kier molecular flexibility index (Phi) is 4.03. The Balaban J connectivity index is 2.23. The lowest BCUT2D eigenvalue weighted by atomic mass is 10.1. The van der Waals surface area contributed by atoms with Gasteiger partial charge in [0.15, 0.2) is 0 Å². The molecule has 3 rings (SSSR count). The summed E-state index contributed by atoms with van der Waals surface area (Å²) in [7, 11) is 0. The molecule has 0 spiro atoms. The molecule has 1 aromatic heterocycles. The van der Waals surface area contributed by atoms with Crippen molar-refractivity contribution in [2.75, 3.05) is 31.1 Å². The number of nitrogens with one attached hydrogen (secondary N) is 1. The van der Waals surface area contributed by atoms with E-state index in [1.165, 1.54) is 12.1 Å². The number of benzene rings is 1. The molecule has 1 fully saturated rings. The van der Waals surface area contributed by atoms with Gasteiger partial charge in [0.05, 0.1) is 26.9 Å². The molecule has 2 heterocycles. The van der Waals surface area contributed by atoms with Gasteiger partial charge in [0.25, 0.3) is 0 Å². The van der Waals surface area contributed by atoms with Crippen molar-refractivity contribution in [3.8, 4) is 0 Å². The van der Waals surface area contributed by atoms with Crippen LogP contribution in [0.1, 0.15) is 11.3 Å². The Bertz CT molecular complexity index is 709. The summed E-state index contributed by atoms with van der Waals surface area (Å²) >= 11 is 3.51. The Labute approximate surface area is 134 Å². The maximum atomic E-state index is 13.0. The topological polar surface area (TPSA) is 28.2 Å². The highest BCUT2D eigenvalue weighted by Crippen LogP contribution is 2.39. The molecule has 0 radical (unpaired) electrons. The summed E-state index contributed by atoms with van der Waals surface area (Å²) in [5.41, 5.74) is 1.52. The maximum absolute atomic E-state index is 13.0. The first-order valence-electron chi connectivity index (χ1n) is 7.00. The summed E-state index contributed by atoms with van der Waals surface area (Å²) in [6, 6.07) is 3.73. The van der Waals surface area contributed by atoms with Gasteiger partial charge in [0, 0.05) is 31.6 Å². The van der Waals surface area contributed by atoms with E-state index in [4.69, 9.17) is 0 Å². The average Bonchev–Trinajstić information content (AvgIpc) is 2.48. The van der Waals surface area contributed by atoms with E-state index in [9.17, 15) is 13.2 Å².